The van der Waals surface area contributed by atoms with Crippen LogP contribution in [0.15, 0.2) is 60.1 Å². The summed E-state index contributed by atoms with van der Waals surface area (Å²) in [6, 6.07) is 14.9. The third kappa shape index (κ3) is 3.94. The number of nitrogens with one attached hydrogen (secondary N) is 2. The number of carbonyl (C=O) groups excluding carboxylic acids is 1. The second kappa shape index (κ2) is 7.74. The second-order valence-electron chi connectivity index (χ2n) is 4.48. The predicted molar refractivity (Wildman–Crippen MR) is 86.1 cm³/mol. The Morgan fingerprint density at radius 1 is 0.917 bits per heavy atom. The van der Waals surface area contributed by atoms with Gasteiger partial charge in [0.1, 0.15) is 23.9 Å². The van der Waals surface area contributed by atoms with Crippen molar-refractivity contribution < 1.29 is 4.79 Å². The van der Waals surface area contributed by atoms with Crippen molar-refractivity contribution in [3.63, 3.8) is 0 Å². The number of nitrogens with zero attached hydrogens (tertiary/aromatic N) is 4. The Bertz CT molecular complexity index is 879. The molecule has 0 unspecified atom stereocenters. The molecule has 0 saturated carbocycles. The third-order valence-corrected chi connectivity index (χ3v) is 2.92. The highest BCUT2D eigenvalue weighted by Crippen LogP contribution is 2.17. The minimum Gasteiger partial charge on any atom is -0.345 e. The first-order chi connectivity index (χ1) is 11.7. The minimum atomic E-state index is -0.300. The van der Waals surface area contributed by atoms with Crippen molar-refractivity contribution in [3.8, 4) is 18.2 Å². The van der Waals surface area contributed by atoms with Crippen LogP contribution in [0.3, 0.4) is 0 Å². The summed E-state index contributed by atoms with van der Waals surface area (Å²) in [5.41, 5.74) is 1.06. The number of allylic oxidation sites excluding steroid dienone is 2. The van der Waals surface area contributed by atoms with Gasteiger partial charge in [0.25, 0.3) is 5.91 Å². The predicted octanol–water partition coefficient (Wildman–Crippen LogP) is 2.57. The van der Waals surface area contributed by atoms with Gasteiger partial charge < -0.3 is 10.6 Å². The number of nitriles is 3. The van der Waals surface area contributed by atoms with Gasteiger partial charge in [0.05, 0.1) is 5.56 Å². The van der Waals surface area contributed by atoms with Crippen molar-refractivity contribution in [2.24, 2.45) is 0 Å². The molecule has 2 aromatic rings. The molecule has 0 atom stereocenters. The molecular weight excluding hydrogens is 304 g/mol. The van der Waals surface area contributed by atoms with Crippen LogP contribution in [0.2, 0.25) is 0 Å². The Hall–Kier alpha value is -4.15. The maximum atomic E-state index is 12.0. The molecule has 0 aliphatic heterocycles. The van der Waals surface area contributed by atoms with Crippen molar-refractivity contribution in [3.05, 3.63) is 65.6 Å². The molecule has 0 fully saturated rings. The topological polar surface area (TPSA) is 125 Å². The third-order valence-electron chi connectivity index (χ3n) is 2.92. The SMILES string of the molecule is N#CC(C#N)=C(C#N)Nc1ccc(NC(=O)c2cccnc2)cc1. The van der Waals surface area contributed by atoms with Crippen molar-refractivity contribution >= 4 is 17.3 Å². The Morgan fingerprint density at radius 3 is 2.04 bits per heavy atom. The van der Waals surface area contributed by atoms with E-state index in [1.807, 2.05) is 0 Å². The highest BCUT2D eigenvalue weighted by atomic mass is 16.1. The van der Waals surface area contributed by atoms with E-state index in [4.69, 9.17) is 15.8 Å². The Balaban J connectivity index is 2.11. The first-order valence-electron chi connectivity index (χ1n) is 6.71. The molecule has 0 aliphatic carbocycles. The van der Waals surface area contributed by atoms with Crippen LogP contribution >= 0.6 is 0 Å². The zero-order valence-corrected chi connectivity index (χ0v) is 12.3. The van der Waals surface area contributed by atoms with E-state index in [9.17, 15) is 4.79 Å². The van der Waals surface area contributed by atoms with Gasteiger partial charge in [-0.25, -0.2) is 0 Å². The first kappa shape index (κ1) is 16.2. The fraction of sp³-hybridized carbons (Fsp3) is 0. The highest BCUT2D eigenvalue weighted by molar-refractivity contribution is 6.04. The van der Waals surface area contributed by atoms with Gasteiger partial charge in [-0.15, -0.1) is 0 Å². The van der Waals surface area contributed by atoms with Gasteiger partial charge in [-0.3, -0.25) is 9.78 Å². The van der Waals surface area contributed by atoms with Gasteiger partial charge >= 0.3 is 0 Å². The number of hydrogen-bond donors (Lipinski definition) is 2. The molecule has 0 saturated heterocycles. The van der Waals surface area contributed by atoms with E-state index in [-0.39, 0.29) is 17.2 Å². The summed E-state index contributed by atoms with van der Waals surface area (Å²) in [6.45, 7) is 0. The molecule has 0 spiro atoms. The second-order valence-corrected chi connectivity index (χ2v) is 4.48. The van der Waals surface area contributed by atoms with Crippen molar-refractivity contribution in [1.82, 2.24) is 4.98 Å². The van der Waals surface area contributed by atoms with E-state index >= 15 is 0 Å². The lowest BCUT2D eigenvalue weighted by Crippen LogP contribution is -2.12. The molecule has 24 heavy (non-hydrogen) atoms. The standard InChI is InChI=1S/C17H10N6O/c18-8-13(9-19)16(10-20)22-14-3-5-15(6-4-14)23-17(24)12-2-1-7-21-11-12/h1-7,11,22H,(H,23,24). The van der Waals surface area contributed by atoms with Crippen LogP contribution in [0.4, 0.5) is 11.4 Å². The molecule has 0 aliphatic rings. The van der Waals surface area contributed by atoms with Crippen molar-refractivity contribution in [2.45, 2.75) is 0 Å². The first-order valence-corrected chi connectivity index (χ1v) is 6.71. The van der Waals surface area contributed by atoms with E-state index in [1.54, 1.807) is 60.8 Å². The molecule has 1 heterocycles. The average Bonchev–Trinajstić information content (AvgIpc) is 2.64. The Kier molecular flexibility index (Phi) is 5.23. The van der Waals surface area contributed by atoms with E-state index in [0.29, 0.717) is 16.9 Å². The average molecular weight is 314 g/mol. The number of anilines is 2. The van der Waals surface area contributed by atoms with Crippen molar-refractivity contribution in [1.29, 1.82) is 15.8 Å². The Morgan fingerprint density at radius 2 is 1.54 bits per heavy atom. The fourth-order valence-electron chi connectivity index (χ4n) is 1.76. The van der Waals surface area contributed by atoms with Crippen LogP contribution in [0.5, 0.6) is 0 Å². The summed E-state index contributed by atoms with van der Waals surface area (Å²) in [6.07, 6.45) is 3.04. The monoisotopic (exact) mass is 314 g/mol. The molecule has 7 heteroatoms. The summed E-state index contributed by atoms with van der Waals surface area (Å²) in [5.74, 6) is -0.294. The maximum absolute atomic E-state index is 12.0. The van der Waals surface area contributed by atoms with Crippen LogP contribution in [0.25, 0.3) is 0 Å². The number of rotatable bonds is 4. The summed E-state index contributed by atoms with van der Waals surface area (Å²) in [4.78, 5) is 15.9. The van der Waals surface area contributed by atoms with E-state index < -0.39 is 0 Å². The Labute approximate surface area is 138 Å². The van der Waals surface area contributed by atoms with Gasteiger partial charge in [-0.1, -0.05) is 0 Å². The molecule has 114 valence electrons. The van der Waals surface area contributed by atoms with Crippen LogP contribution in [-0.4, -0.2) is 10.9 Å². The molecule has 1 amide bonds. The van der Waals surface area contributed by atoms with Crippen LogP contribution in [0.1, 0.15) is 10.4 Å². The van der Waals surface area contributed by atoms with E-state index in [0.717, 1.165) is 0 Å². The van der Waals surface area contributed by atoms with Crippen LogP contribution in [0, 0.1) is 34.0 Å². The molecular formula is C17H10N6O. The molecule has 1 aromatic heterocycles. The number of pyridine rings is 1. The van der Waals surface area contributed by atoms with Gasteiger partial charge in [0, 0.05) is 23.8 Å². The largest absolute Gasteiger partial charge is 0.345 e. The highest BCUT2D eigenvalue weighted by Gasteiger charge is 2.08. The smallest absolute Gasteiger partial charge is 0.257 e. The summed E-state index contributed by atoms with van der Waals surface area (Å²) in [5, 5.41) is 32.0. The minimum absolute atomic E-state index is 0.132. The summed E-state index contributed by atoms with van der Waals surface area (Å²) < 4.78 is 0. The summed E-state index contributed by atoms with van der Waals surface area (Å²) >= 11 is 0. The summed E-state index contributed by atoms with van der Waals surface area (Å²) in [7, 11) is 0. The van der Waals surface area contributed by atoms with Gasteiger partial charge in [0.2, 0.25) is 0 Å². The lowest BCUT2D eigenvalue weighted by molar-refractivity contribution is 0.102. The molecule has 0 bridgehead atoms. The molecule has 7 nitrogen and oxygen atoms in total. The van der Waals surface area contributed by atoms with Gasteiger partial charge in [0.15, 0.2) is 5.57 Å². The molecule has 2 N–H and O–H groups in total. The number of hydrogen-bond acceptors (Lipinski definition) is 6. The number of carbonyl (C=O) groups is 1. The van der Waals surface area contributed by atoms with Crippen molar-refractivity contribution in [2.75, 3.05) is 10.6 Å². The lowest BCUT2D eigenvalue weighted by atomic mass is 10.2. The fourth-order valence-corrected chi connectivity index (χ4v) is 1.76. The number of aromatic nitrogens is 1. The quantitative estimate of drug-likeness (QED) is 0.835. The van der Waals surface area contributed by atoms with Gasteiger partial charge in [-0.05, 0) is 36.4 Å². The van der Waals surface area contributed by atoms with E-state index in [2.05, 4.69) is 15.6 Å². The number of benzene rings is 1. The molecule has 1 aromatic carbocycles. The van der Waals surface area contributed by atoms with E-state index in [1.165, 1.54) is 6.20 Å². The normalized spacial score (nSPS) is 8.88. The molecule has 2 rings (SSSR count). The van der Waals surface area contributed by atoms with Crippen LogP contribution < -0.4 is 10.6 Å². The van der Waals surface area contributed by atoms with Crippen LogP contribution in [-0.2, 0) is 0 Å². The zero-order chi connectivity index (χ0) is 17.4. The number of amides is 1. The maximum Gasteiger partial charge on any atom is 0.257 e. The lowest BCUT2D eigenvalue weighted by Gasteiger charge is -2.08. The zero-order valence-electron chi connectivity index (χ0n) is 12.3. The van der Waals surface area contributed by atoms with Gasteiger partial charge in [-0.2, -0.15) is 15.8 Å². The molecule has 0 radical (unpaired) electrons.